The molecule has 0 fully saturated rings. The molecule has 0 aromatic rings. The molecular formula is C8H15N3. The molecule has 0 radical (unpaired) electrons. The van der Waals surface area contributed by atoms with Gasteiger partial charge in [0.1, 0.15) is 5.82 Å². The second-order valence-electron chi connectivity index (χ2n) is 2.72. The van der Waals surface area contributed by atoms with Gasteiger partial charge in [0.05, 0.1) is 0 Å². The minimum Gasteiger partial charge on any atom is -0.388 e. The molecule has 3 nitrogen and oxygen atoms in total. The van der Waals surface area contributed by atoms with Crippen LogP contribution in [-0.4, -0.2) is 37.0 Å². The Morgan fingerprint density at radius 3 is 3.00 bits per heavy atom. The topological polar surface area (TPSA) is 18.5 Å². The summed E-state index contributed by atoms with van der Waals surface area (Å²) >= 11 is 0. The quantitative estimate of drug-likeness (QED) is 0.543. The predicted octanol–water partition coefficient (Wildman–Crippen LogP) is 0.396. The average Bonchev–Trinajstić information content (AvgIpc) is 2.00. The van der Waals surface area contributed by atoms with Gasteiger partial charge in [-0.2, -0.15) is 0 Å². The van der Waals surface area contributed by atoms with Crippen molar-refractivity contribution in [3.05, 3.63) is 24.8 Å². The molecule has 11 heavy (non-hydrogen) atoms. The van der Waals surface area contributed by atoms with Crippen molar-refractivity contribution >= 4 is 0 Å². The summed E-state index contributed by atoms with van der Waals surface area (Å²) in [6.45, 7) is 5.92. The Morgan fingerprint density at radius 1 is 1.55 bits per heavy atom. The van der Waals surface area contributed by atoms with Gasteiger partial charge < -0.3 is 15.1 Å². The highest BCUT2D eigenvalue weighted by Crippen LogP contribution is 2.04. The van der Waals surface area contributed by atoms with Crippen LogP contribution >= 0.6 is 0 Å². The van der Waals surface area contributed by atoms with Crippen LogP contribution in [0.25, 0.3) is 0 Å². The van der Waals surface area contributed by atoms with Gasteiger partial charge in [-0.25, -0.2) is 0 Å². The van der Waals surface area contributed by atoms with E-state index in [0.717, 1.165) is 18.9 Å². The summed E-state index contributed by atoms with van der Waals surface area (Å²) in [4.78, 5) is 4.11. The number of hydrogen-bond donors (Lipinski definition) is 1. The van der Waals surface area contributed by atoms with E-state index in [9.17, 15) is 0 Å². The second kappa shape index (κ2) is 3.32. The van der Waals surface area contributed by atoms with Crippen molar-refractivity contribution in [2.24, 2.45) is 0 Å². The van der Waals surface area contributed by atoms with Gasteiger partial charge in [-0.3, -0.25) is 0 Å². The summed E-state index contributed by atoms with van der Waals surface area (Å²) in [5.74, 6) is 1.03. The largest absolute Gasteiger partial charge is 0.388 e. The number of nitrogens with one attached hydrogen (secondary N) is 1. The van der Waals surface area contributed by atoms with E-state index in [1.807, 2.05) is 31.4 Å². The normalized spacial score (nSPS) is 19.3. The summed E-state index contributed by atoms with van der Waals surface area (Å²) in [7, 11) is 4.03. The van der Waals surface area contributed by atoms with E-state index in [4.69, 9.17) is 0 Å². The highest BCUT2D eigenvalue weighted by Gasteiger charge is 2.05. The van der Waals surface area contributed by atoms with Crippen LogP contribution in [0.2, 0.25) is 0 Å². The lowest BCUT2D eigenvalue weighted by Crippen LogP contribution is -2.34. The summed E-state index contributed by atoms with van der Waals surface area (Å²) in [5.41, 5.74) is 0. The first-order valence-corrected chi connectivity index (χ1v) is 3.75. The van der Waals surface area contributed by atoms with Gasteiger partial charge in [-0.15, -0.1) is 0 Å². The third-order valence-electron chi connectivity index (χ3n) is 1.86. The SMILES string of the molecule is C=C1N(C)C=CNCCN1C. The fourth-order valence-corrected chi connectivity index (χ4v) is 0.964. The molecule has 1 aliphatic rings. The first-order valence-electron chi connectivity index (χ1n) is 3.75. The van der Waals surface area contributed by atoms with Gasteiger partial charge in [0, 0.05) is 39.6 Å². The lowest BCUT2D eigenvalue weighted by atomic mass is 10.4. The standard InChI is InChI=1S/C8H15N3/c1-8-10(2)6-4-9-5-7-11(8)3/h4,6,9H,1,5,7H2,2-3H3. The fourth-order valence-electron chi connectivity index (χ4n) is 0.964. The molecule has 0 saturated heterocycles. The van der Waals surface area contributed by atoms with Gasteiger partial charge in [0.2, 0.25) is 0 Å². The van der Waals surface area contributed by atoms with Gasteiger partial charge in [-0.1, -0.05) is 6.58 Å². The molecular weight excluding hydrogens is 138 g/mol. The van der Waals surface area contributed by atoms with Crippen LogP contribution in [0.15, 0.2) is 24.8 Å². The van der Waals surface area contributed by atoms with Crippen LogP contribution in [0.3, 0.4) is 0 Å². The Hall–Kier alpha value is -1.12. The number of rotatable bonds is 0. The van der Waals surface area contributed by atoms with E-state index in [1.165, 1.54) is 0 Å². The molecule has 0 bridgehead atoms. The minimum absolute atomic E-state index is 0.972. The van der Waals surface area contributed by atoms with Gasteiger partial charge in [0.25, 0.3) is 0 Å². The zero-order valence-corrected chi connectivity index (χ0v) is 7.17. The van der Waals surface area contributed by atoms with Crippen LogP contribution < -0.4 is 5.32 Å². The molecule has 0 unspecified atom stereocenters. The number of likely N-dealkylation sites (N-methyl/N-ethyl adjacent to an activating group) is 1. The van der Waals surface area contributed by atoms with Crippen molar-refractivity contribution in [2.45, 2.75) is 0 Å². The van der Waals surface area contributed by atoms with Crippen LogP contribution in [0.5, 0.6) is 0 Å². The Balaban J connectivity index is 2.64. The summed E-state index contributed by atoms with van der Waals surface area (Å²) < 4.78 is 0. The summed E-state index contributed by atoms with van der Waals surface area (Å²) in [5, 5.41) is 3.16. The molecule has 0 spiro atoms. The zero-order chi connectivity index (χ0) is 8.27. The molecule has 0 amide bonds. The van der Waals surface area contributed by atoms with Gasteiger partial charge >= 0.3 is 0 Å². The Bertz CT molecular complexity index is 174. The Labute approximate surface area is 68.0 Å². The average molecular weight is 153 g/mol. The van der Waals surface area contributed by atoms with Crippen molar-refractivity contribution in [2.75, 3.05) is 27.2 Å². The lowest BCUT2D eigenvalue weighted by molar-refractivity contribution is 0.313. The molecule has 0 aromatic carbocycles. The van der Waals surface area contributed by atoms with Crippen molar-refractivity contribution in [3.63, 3.8) is 0 Å². The van der Waals surface area contributed by atoms with E-state index in [0.29, 0.717) is 0 Å². The third kappa shape index (κ3) is 1.90. The molecule has 0 saturated carbocycles. The highest BCUT2D eigenvalue weighted by atomic mass is 15.3. The molecule has 62 valence electrons. The second-order valence-corrected chi connectivity index (χ2v) is 2.72. The van der Waals surface area contributed by atoms with E-state index in [-0.39, 0.29) is 0 Å². The lowest BCUT2D eigenvalue weighted by Gasteiger charge is -2.29. The zero-order valence-electron chi connectivity index (χ0n) is 7.17. The summed E-state index contributed by atoms with van der Waals surface area (Å²) in [6.07, 6.45) is 3.91. The van der Waals surface area contributed by atoms with E-state index in [1.54, 1.807) is 0 Å². The van der Waals surface area contributed by atoms with E-state index in [2.05, 4.69) is 16.8 Å². The van der Waals surface area contributed by atoms with Gasteiger partial charge in [-0.05, 0) is 0 Å². The molecule has 1 N–H and O–H groups in total. The van der Waals surface area contributed by atoms with Crippen molar-refractivity contribution in [3.8, 4) is 0 Å². The van der Waals surface area contributed by atoms with Crippen molar-refractivity contribution in [1.82, 2.24) is 15.1 Å². The predicted molar refractivity (Wildman–Crippen MR) is 46.7 cm³/mol. The van der Waals surface area contributed by atoms with Crippen LogP contribution in [-0.2, 0) is 0 Å². The first-order chi connectivity index (χ1) is 5.22. The first kappa shape index (κ1) is 7.98. The maximum Gasteiger partial charge on any atom is 0.100 e. The van der Waals surface area contributed by atoms with Crippen LogP contribution in [0, 0.1) is 0 Å². The molecule has 1 heterocycles. The van der Waals surface area contributed by atoms with Crippen LogP contribution in [0.4, 0.5) is 0 Å². The smallest absolute Gasteiger partial charge is 0.100 e. The van der Waals surface area contributed by atoms with E-state index >= 15 is 0 Å². The monoisotopic (exact) mass is 153 g/mol. The molecule has 3 heteroatoms. The highest BCUT2D eigenvalue weighted by molar-refractivity contribution is 4.99. The minimum atomic E-state index is 0.972. The molecule has 0 aliphatic carbocycles. The third-order valence-corrected chi connectivity index (χ3v) is 1.86. The van der Waals surface area contributed by atoms with Crippen LogP contribution in [0.1, 0.15) is 0 Å². The van der Waals surface area contributed by atoms with E-state index < -0.39 is 0 Å². The fraction of sp³-hybridized carbons (Fsp3) is 0.500. The summed E-state index contributed by atoms with van der Waals surface area (Å²) in [6, 6.07) is 0. The Kier molecular flexibility index (Phi) is 2.41. The maximum absolute atomic E-state index is 3.95. The molecule has 1 aliphatic heterocycles. The number of hydrogen-bond acceptors (Lipinski definition) is 3. The maximum atomic E-state index is 3.95. The Morgan fingerprint density at radius 2 is 2.27 bits per heavy atom. The number of nitrogens with zero attached hydrogens (tertiary/aromatic N) is 2. The van der Waals surface area contributed by atoms with Crippen molar-refractivity contribution in [1.29, 1.82) is 0 Å². The molecule has 0 atom stereocenters. The van der Waals surface area contributed by atoms with Crippen molar-refractivity contribution < 1.29 is 0 Å². The molecule has 0 aromatic heterocycles. The molecule has 1 rings (SSSR count). The van der Waals surface area contributed by atoms with Gasteiger partial charge in [0.15, 0.2) is 0 Å².